The van der Waals surface area contributed by atoms with Crippen LogP contribution in [0, 0.1) is 11.7 Å². The van der Waals surface area contributed by atoms with Crippen LogP contribution in [0.1, 0.15) is 68.1 Å². The Balaban J connectivity index is 1.13. The molecule has 286 valence electrons. The van der Waals surface area contributed by atoms with E-state index >= 15 is 0 Å². The number of hydrogen-bond acceptors (Lipinski definition) is 10. The molecule has 4 aromatic rings. The Kier molecular flexibility index (Phi) is 9.69. The number of nitrogens with one attached hydrogen (secondary N) is 3. The van der Waals surface area contributed by atoms with E-state index in [4.69, 9.17) is 4.74 Å². The molecule has 8 rings (SSSR count). The monoisotopic (exact) mass is 769 g/mol. The van der Waals surface area contributed by atoms with Gasteiger partial charge >= 0.3 is 0 Å². The van der Waals surface area contributed by atoms with E-state index in [0.717, 1.165) is 17.9 Å². The topological polar surface area (TPSA) is 190 Å². The minimum atomic E-state index is -3.92. The van der Waals surface area contributed by atoms with Crippen LogP contribution in [0.25, 0.3) is 21.8 Å². The van der Waals surface area contributed by atoms with Crippen molar-refractivity contribution in [1.29, 1.82) is 0 Å². The third kappa shape index (κ3) is 7.34. The van der Waals surface area contributed by atoms with Gasteiger partial charge < -0.3 is 20.3 Å². The van der Waals surface area contributed by atoms with Gasteiger partial charge in [-0.2, -0.15) is 4.98 Å². The lowest BCUT2D eigenvalue weighted by atomic mass is 10.0. The Labute approximate surface area is 316 Å². The lowest BCUT2D eigenvalue weighted by molar-refractivity contribution is -0.141. The summed E-state index contributed by atoms with van der Waals surface area (Å²) in [4.78, 5) is 70.6. The fraction of sp³-hybridized carbons (Fsp3) is 0.410. The summed E-state index contributed by atoms with van der Waals surface area (Å²) >= 11 is 0. The number of pyridine rings is 1. The molecule has 0 radical (unpaired) electrons. The summed E-state index contributed by atoms with van der Waals surface area (Å²) in [5.74, 6) is -3.80. The highest BCUT2D eigenvalue weighted by Crippen LogP contribution is 2.46. The van der Waals surface area contributed by atoms with Gasteiger partial charge in [0, 0.05) is 29.3 Å². The van der Waals surface area contributed by atoms with Gasteiger partial charge in [0.2, 0.25) is 27.7 Å². The number of nitrogens with zero attached hydrogens (tertiary/aromatic N) is 4. The van der Waals surface area contributed by atoms with E-state index in [-0.39, 0.29) is 37.3 Å². The molecule has 14 nitrogen and oxygen atoms in total. The molecular formula is C39H40FN7O7S. The van der Waals surface area contributed by atoms with E-state index in [2.05, 4.69) is 30.3 Å². The number of fused-ring (bicyclic) bond motifs is 5. The molecule has 2 aliphatic heterocycles. The van der Waals surface area contributed by atoms with Crippen molar-refractivity contribution in [2.75, 3.05) is 6.54 Å². The number of rotatable bonds is 7. The van der Waals surface area contributed by atoms with E-state index in [9.17, 15) is 32.0 Å². The van der Waals surface area contributed by atoms with Crippen molar-refractivity contribution in [2.45, 2.75) is 86.8 Å². The number of ether oxygens (including phenoxy) is 1. The van der Waals surface area contributed by atoms with E-state index in [1.54, 1.807) is 6.20 Å². The summed E-state index contributed by atoms with van der Waals surface area (Å²) < 4.78 is 49.1. The maximum Gasteiger partial charge on any atom is 0.259 e. The van der Waals surface area contributed by atoms with Crippen molar-refractivity contribution in [3.05, 3.63) is 84.6 Å². The Morgan fingerprint density at radius 3 is 2.56 bits per heavy atom. The molecule has 55 heavy (non-hydrogen) atoms. The summed E-state index contributed by atoms with van der Waals surface area (Å²) in [7, 11) is -3.92. The van der Waals surface area contributed by atoms with E-state index < -0.39 is 74.4 Å². The van der Waals surface area contributed by atoms with Crippen LogP contribution in [0.4, 0.5) is 4.39 Å². The van der Waals surface area contributed by atoms with E-state index in [1.165, 1.54) is 29.4 Å². The van der Waals surface area contributed by atoms with Crippen LogP contribution in [-0.4, -0.2) is 87.4 Å². The zero-order valence-corrected chi connectivity index (χ0v) is 30.6. The first-order chi connectivity index (χ1) is 26.5. The fourth-order valence-corrected chi connectivity index (χ4v) is 9.00. The van der Waals surface area contributed by atoms with Gasteiger partial charge in [0.05, 0.1) is 17.4 Å². The molecule has 5 atom stereocenters. The van der Waals surface area contributed by atoms with Gasteiger partial charge in [0.25, 0.3) is 11.8 Å². The second-order valence-electron chi connectivity index (χ2n) is 14.7. The molecule has 0 bridgehead atoms. The van der Waals surface area contributed by atoms with Gasteiger partial charge in [-0.05, 0) is 62.1 Å². The third-order valence-corrected chi connectivity index (χ3v) is 12.7. The summed E-state index contributed by atoms with van der Waals surface area (Å²) in [5.41, 5.74) is -1.37. The van der Waals surface area contributed by atoms with Gasteiger partial charge in [0.15, 0.2) is 5.65 Å². The molecule has 2 saturated carbocycles. The van der Waals surface area contributed by atoms with Crippen molar-refractivity contribution >= 4 is 55.5 Å². The van der Waals surface area contributed by atoms with E-state index in [0.29, 0.717) is 48.5 Å². The zero-order valence-electron chi connectivity index (χ0n) is 29.8. The maximum atomic E-state index is 14.7. The smallest absolute Gasteiger partial charge is 0.259 e. The van der Waals surface area contributed by atoms with Crippen LogP contribution in [0.3, 0.4) is 0 Å². The van der Waals surface area contributed by atoms with Crippen molar-refractivity contribution in [3.8, 4) is 5.88 Å². The van der Waals surface area contributed by atoms with Crippen molar-refractivity contribution in [1.82, 2.24) is 35.2 Å². The normalized spacial score (nSPS) is 25.9. The summed E-state index contributed by atoms with van der Waals surface area (Å²) in [6.45, 7) is -0.0839. The molecule has 3 fully saturated rings. The highest BCUT2D eigenvalue weighted by Gasteiger charge is 2.62. The summed E-state index contributed by atoms with van der Waals surface area (Å²) in [6.07, 6.45) is 9.97. The highest BCUT2D eigenvalue weighted by molar-refractivity contribution is 7.91. The fourth-order valence-electron chi connectivity index (χ4n) is 7.64. The van der Waals surface area contributed by atoms with Crippen molar-refractivity contribution in [3.63, 3.8) is 0 Å². The van der Waals surface area contributed by atoms with Crippen molar-refractivity contribution < 1.29 is 36.7 Å². The number of aromatic nitrogens is 3. The Bertz CT molecular complexity index is 2340. The second-order valence-corrected chi connectivity index (χ2v) is 16.7. The van der Waals surface area contributed by atoms with Crippen LogP contribution in [0.2, 0.25) is 0 Å². The molecule has 0 unspecified atom stereocenters. The number of sulfonamides is 1. The largest absolute Gasteiger partial charge is 0.472 e. The highest BCUT2D eigenvalue weighted by atomic mass is 32.2. The van der Waals surface area contributed by atoms with Crippen LogP contribution in [-0.2, 0) is 24.4 Å². The molecule has 2 aliphatic carbocycles. The molecule has 4 amide bonds. The van der Waals surface area contributed by atoms with Gasteiger partial charge in [0.1, 0.15) is 35.9 Å². The summed E-state index contributed by atoms with van der Waals surface area (Å²) in [6, 6.07) is 10.6. The minimum Gasteiger partial charge on any atom is -0.472 e. The number of amides is 4. The number of halogens is 1. The molecule has 4 aliphatic rings. The number of carbonyl (C=O) groups excluding carboxylic acids is 4. The SMILES string of the molecule is O=C(N[C@H]1CCCCCC=C[C@@H]2C[C@@]2(C(=O)NS(=O)(=O)C2CC2)NC(=O)[C@@H]2C[C@@H](Oc3nc4ncncc4c4ccccc34)CN2C1=O)c1ccccc1F. The molecule has 16 heteroatoms. The predicted molar refractivity (Wildman–Crippen MR) is 198 cm³/mol. The number of hydrogen-bond donors (Lipinski definition) is 3. The molecule has 2 aromatic heterocycles. The number of benzene rings is 2. The zero-order chi connectivity index (χ0) is 38.3. The van der Waals surface area contributed by atoms with Crippen LogP contribution >= 0.6 is 0 Å². The number of carbonyl (C=O) groups is 4. The van der Waals surface area contributed by atoms with Gasteiger partial charge in [-0.3, -0.25) is 23.9 Å². The molecule has 3 N–H and O–H groups in total. The molecular weight excluding hydrogens is 730 g/mol. The van der Waals surface area contributed by atoms with Gasteiger partial charge in [-0.15, -0.1) is 0 Å². The van der Waals surface area contributed by atoms with E-state index in [1.807, 2.05) is 36.4 Å². The number of allylic oxidation sites excluding steroid dienone is 1. The van der Waals surface area contributed by atoms with Crippen molar-refractivity contribution in [2.24, 2.45) is 5.92 Å². The standard InChI is InChI=1S/C39H40FN7O7S/c40-30-14-9-8-13-28(30)34(48)43-31-15-5-3-1-2-4-10-23-19-39(23,38(51)46-55(52,53)25-16-17-25)45-35(49)32-18-24(21-47(32)37(31)50)54-36-27-12-7-6-11-26(27)29-20-41-22-42-33(29)44-36/h4,6-14,20,22-25,31-32H,1-3,5,15-19,21H2,(H,43,48)(H,45,49)(H,46,51)/t23-,24-,31+,32+,39-/m1/s1. The van der Waals surface area contributed by atoms with Crippen LogP contribution < -0.4 is 20.1 Å². The minimum absolute atomic E-state index is 0.0120. The lowest BCUT2D eigenvalue weighted by Gasteiger charge is -2.30. The Morgan fingerprint density at radius 1 is 0.982 bits per heavy atom. The first-order valence-electron chi connectivity index (χ1n) is 18.6. The van der Waals surface area contributed by atoms with Crippen LogP contribution in [0.15, 0.2) is 73.2 Å². The lowest BCUT2D eigenvalue weighted by Crippen LogP contribution is -2.58. The molecule has 2 aromatic carbocycles. The Morgan fingerprint density at radius 2 is 1.76 bits per heavy atom. The quantitative estimate of drug-likeness (QED) is 0.186. The molecule has 1 saturated heterocycles. The second kappa shape index (κ2) is 14.6. The average molecular weight is 770 g/mol. The van der Waals surface area contributed by atoms with Gasteiger partial charge in [-0.1, -0.05) is 55.3 Å². The first kappa shape index (κ1) is 36.5. The average Bonchev–Trinajstić information content (AvgIpc) is 4.10. The molecule has 0 spiro atoms. The maximum absolute atomic E-state index is 14.7. The predicted octanol–water partition coefficient (Wildman–Crippen LogP) is 3.47. The Hall–Kier alpha value is -5.51. The third-order valence-electron chi connectivity index (χ3n) is 10.9. The first-order valence-corrected chi connectivity index (χ1v) is 20.1. The molecule has 4 heterocycles. The van der Waals surface area contributed by atoms with Gasteiger partial charge in [-0.25, -0.2) is 22.8 Å². The van der Waals surface area contributed by atoms with Crippen LogP contribution in [0.5, 0.6) is 5.88 Å². The summed E-state index contributed by atoms with van der Waals surface area (Å²) in [5, 5.41) is 7.10.